The lowest BCUT2D eigenvalue weighted by Crippen LogP contribution is -2.41. The summed E-state index contributed by atoms with van der Waals surface area (Å²) in [4.78, 5) is 38.6. The lowest BCUT2D eigenvalue weighted by atomic mass is 9.96. The van der Waals surface area contributed by atoms with Gasteiger partial charge < -0.3 is 15.0 Å². The molecule has 2 aromatic carbocycles. The number of ether oxygens (including phenoxy) is 1. The van der Waals surface area contributed by atoms with Gasteiger partial charge in [0.15, 0.2) is 6.61 Å². The van der Waals surface area contributed by atoms with Gasteiger partial charge in [0.2, 0.25) is 0 Å². The summed E-state index contributed by atoms with van der Waals surface area (Å²) in [5, 5.41) is 2.73. The van der Waals surface area contributed by atoms with Crippen molar-refractivity contribution in [2.24, 2.45) is 5.92 Å². The maximum Gasteiger partial charge on any atom is 0.309 e. The molecule has 0 unspecified atom stereocenters. The number of carbonyl (C=O) groups excluding carboxylic acids is 3. The second-order valence-electron chi connectivity index (χ2n) is 7.25. The molecule has 0 bridgehead atoms. The SMILES string of the molecule is Cc1ccccc1C(=O)N1CCC(C(=O)OCC(=O)NCc2ccccc2)CC1. The minimum absolute atomic E-state index is 0.00444. The number of carbonyl (C=O) groups is 3. The smallest absolute Gasteiger partial charge is 0.309 e. The number of esters is 1. The minimum Gasteiger partial charge on any atom is -0.455 e. The molecule has 1 saturated heterocycles. The fourth-order valence-corrected chi connectivity index (χ4v) is 3.40. The van der Waals surface area contributed by atoms with E-state index in [1.54, 1.807) is 4.90 Å². The number of amides is 2. The standard InChI is InChI=1S/C23H26N2O4/c1-17-7-5-6-10-20(17)22(27)25-13-11-19(12-14-25)23(28)29-16-21(26)24-15-18-8-3-2-4-9-18/h2-10,19H,11-16H2,1H3,(H,24,26). The lowest BCUT2D eigenvalue weighted by Gasteiger charge is -2.31. The Balaban J connectivity index is 1.40. The molecule has 3 rings (SSSR count). The highest BCUT2D eigenvalue weighted by molar-refractivity contribution is 5.95. The van der Waals surface area contributed by atoms with E-state index in [0.717, 1.165) is 11.1 Å². The maximum atomic E-state index is 12.7. The molecule has 2 aromatic rings. The third-order valence-corrected chi connectivity index (χ3v) is 5.17. The van der Waals surface area contributed by atoms with Gasteiger partial charge in [-0.1, -0.05) is 48.5 Å². The quantitative estimate of drug-likeness (QED) is 0.765. The fourth-order valence-electron chi connectivity index (χ4n) is 3.40. The van der Waals surface area contributed by atoms with Crippen LogP contribution >= 0.6 is 0 Å². The number of benzene rings is 2. The van der Waals surface area contributed by atoms with E-state index in [-0.39, 0.29) is 30.3 Å². The molecule has 1 aliphatic heterocycles. The molecule has 1 fully saturated rings. The average Bonchev–Trinajstić information content (AvgIpc) is 2.76. The van der Waals surface area contributed by atoms with E-state index < -0.39 is 0 Å². The molecule has 0 aromatic heterocycles. The summed E-state index contributed by atoms with van der Waals surface area (Å²) in [6.07, 6.45) is 1.09. The Hall–Kier alpha value is -3.15. The molecular formula is C23H26N2O4. The van der Waals surface area contributed by atoms with Gasteiger partial charge >= 0.3 is 5.97 Å². The van der Waals surface area contributed by atoms with Crippen LogP contribution in [0.3, 0.4) is 0 Å². The highest BCUT2D eigenvalue weighted by atomic mass is 16.5. The number of hydrogen-bond donors (Lipinski definition) is 1. The zero-order valence-corrected chi connectivity index (χ0v) is 16.6. The molecule has 1 N–H and O–H groups in total. The number of nitrogens with one attached hydrogen (secondary N) is 1. The van der Waals surface area contributed by atoms with E-state index in [2.05, 4.69) is 5.32 Å². The van der Waals surface area contributed by atoms with Gasteiger partial charge in [-0.3, -0.25) is 14.4 Å². The van der Waals surface area contributed by atoms with Crippen molar-refractivity contribution < 1.29 is 19.1 Å². The number of hydrogen-bond acceptors (Lipinski definition) is 4. The van der Waals surface area contributed by atoms with Gasteiger partial charge in [0, 0.05) is 25.2 Å². The van der Waals surface area contributed by atoms with Crippen LogP contribution in [0.4, 0.5) is 0 Å². The molecule has 6 heteroatoms. The first-order valence-corrected chi connectivity index (χ1v) is 9.87. The molecule has 0 radical (unpaired) electrons. The molecule has 1 heterocycles. The number of likely N-dealkylation sites (tertiary alicyclic amines) is 1. The average molecular weight is 394 g/mol. The summed E-state index contributed by atoms with van der Waals surface area (Å²) < 4.78 is 5.18. The molecule has 2 amide bonds. The van der Waals surface area contributed by atoms with Crippen molar-refractivity contribution in [3.63, 3.8) is 0 Å². The highest BCUT2D eigenvalue weighted by Gasteiger charge is 2.29. The van der Waals surface area contributed by atoms with Crippen molar-refractivity contribution in [3.05, 3.63) is 71.3 Å². The first kappa shape index (κ1) is 20.6. The van der Waals surface area contributed by atoms with Crippen molar-refractivity contribution in [1.29, 1.82) is 0 Å². The van der Waals surface area contributed by atoms with Gasteiger partial charge in [-0.15, -0.1) is 0 Å². The predicted octanol–water partition coefficient (Wildman–Crippen LogP) is 2.71. The first-order valence-electron chi connectivity index (χ1n) is 9.87. The summed E-state index contributed by atoms with van der Waals surface area (Å²) in [6.45, 7) is 3.05. The van der Waals surface area contributed by atoms with E-state index in [1.165, 1.54) is 0 Å². The van der Waals surface area contributed by atoms with Crippen molar-refractivity contribution in [2.45, 2.75) is 26.3 Å². The molecule has 0 atom stereocenters. The van der Waals surface area contributed by atoms with Gasteiger partial charge in [-0.05, 0) is 37.0 Å². The molecule has 1 aliphatic rings. The van der Waals surface area contributed by atoms with Gasteiger partial charge in [0.05, 0.1) is 5.92 Å². The zero-order chi connectivity index (χ0) is 20.6. The van der Waals surface area contributed by atoms with Crippen LogP contribution in [0.1, 0.15) is 34.3 Å². The highest BCUT2D eigenvalue weighted by Crippen LogP contribution is 2.21. The predicted molar refractivity (Wildman–Crippen MR) is 109 cm³/mol. The number of piperidine rings is 1. The van der Waals surface area contributed by atoms with Crippen molar-refractivity contribution in [2.75, 3.05) is 19.7 Å². The van der Waals surface area contributed by atoms with Crippen LogP contribution in [0.25, 0.3) is 0 Å². The molecule has 0 spiro atoms. The summed E-state index contributed by atoms with van der Waals surface area (Å²) in [7, 11) is 0. The van der Waals surface area contributed by atoms with E-state index in [9.17, 15) is 14.4 Å². The molecule has 152 valence electrons. The Labute approximate surface area is 170 Å². The summed E-state index contributed by atoms with van der Waals surface area (Å²) >= 11 is 0. The van der Waals surface area contributed by atoms with E-state index in [1.807, 2.05) is 61.5 Å². The van der Waals surface area contributed by atoms with Crippen LogP contribution in [-0.4, -0.2) is 42.4 Å². The second kappa shape index (κ2) is 9.87. The third kappa shape index (κ3) is 5.67. The van der Waals surface area contributed by atoms with Gasteiger partial charge in [0.25, 0.3) is 11.8 Å². The Morgan fingerprint density at radius 3 is 2.34 bits per heavy atom. The lowest BCUT2D eigenvalue weighted by molar-refractivity contribution is -0.153. The van der Waals surface area contributed by atoms with Gasteiger partial charge in [-0.25, -0.2) is 0 Å². The van der Waals surface area contributed by atoms with Crippen LogP contribution in [0.2, 0.25) is 0 Å². The van der Waals surface area contributed by atoms with Crippen LogP contribution in [0, 0.1) is 12.8 Å². The topological polar surface area (TPSA) is 75.7 Å². The zero-order valence-electron chi connectivity index (χ0n) is 16.6. The Kier molecular flexibility index (Phi) is 7.00. The summed E-state index contributed by atoms with van der Waals surface area (Å²) in [5.74, 6) is -0.981. The monoisotopic (exact) mass is 394 g/mol. The molecule has 0 aliphatic carbocycles. The minimum atomic E-state index is -0.372. The van der Waals surface area contributed by atoms with Crippen molar-refractivity contribution in [1.82, 2.24) is 10.2 Å². The van der Waals surface area contributed by atoms with Gasteiger partial charge in [-0.2, -0.15) is 0 Å². The third-order valence-electron chi connectivity index (χ3n) is 5.17. The van der Waals surface area contributed by atoms with E-state index >= 15 is 0 Å². The molecule has 6 nitrogen and oxygen atoms in total. The van der Waals surface area contributed by atoms with Crippen molar-refractivity contribution in [3.8, 4) is 0 Å². The van der Waals surface area contributed by atoms with Crippen LogP contribution in [0.15, 0.2) is 54.6 Å². The first-order chi connectivity index (χ1) is 14.0. The van der Waals surface area contributed by atoms with E-state index in [4.69, 9.17) is 4.74 Å². The number of aryl methyl sites for hydroxylation is 1. The normalized spacial score (nSPS) is 14.3. The molecule has 29 heavy (non-hydrogen) atoms. The summed E-state index contributed by atoms with van der Waals surface area (Å²) in [6, 6.07) is 17.0. The summed E-state index contributed by atoms with van der Waals surface area (Å²) in [5.41, 5.74) is 2.63. The Morgan fingerprint density at radius 2 is 1.66 bits per heavy atom. The van der Waals surface area contributed by atoms with Crippen LogP contribution < -0.4 is 5.32 Å². The Morgan fingerprint density at radius 1 is 1.00 bits per heavy atom. The number of rotatable bonds is 6. The second-order valence-corrected chi connectivity index (χ2v) is 7.25. The largest absolute Gasteiger partial charge is 0.455 e. The van der Waals surface area contributed by atoms with Gasteiger partial charge in [0.1, 0.15) is 0 Å². The number of nitrogens with zero attached hydrogens (tertiary/aromatic N) is 1. The molecule has 0 saturated carbocycles. The maximum absolute atomic E-state index is 12.7. The molecular weight excluding hydrogens is 368 g/mol. The van der Waals surface area contributed by atoms with E-state index in [0.29, 0.717) is 38.0 Å². The van der Waals surface area contributed by atoms with Crippen LogP contribution in [-0.2, 0) is 20.9 Å². The van der Waals surface area contributed by atoms with Crippen LogP contribution in [0.5, 0.6) is 0 Å². The van der Waals surface area contributed by atoms with Crippen molar-refractivity contribution >= 4 is 17.8 Å². The fraction of sp³-hybridized carbons (Fsp3) is 0.348. The Bertz CT molecular complexity index is 858.